The Kier molecular flexibility index (Phi) is 8.51. The Hall–Kier alpha value is -3.35. The predicted molar refractivity (Wildman–Crippen MR) is 98.2 cm³/mol. The Morgan fingerprint density at radius 2 is 1.44 bits per heavy atom. The molecule has 0 radical (unpaired) electrons. The Balaban J connectivity index is 0.000000271. The van der Waals surface area contributed by atoms with Crippen molar-refractivity contribution in [3.8, 4) is 0 Å². The van der Waals surface area contributed by atoms with Gasteiger partial charge in [0.05, 0.1) is 17.5 Å². The van der Waals surface area contributed by atoms with Crippen LogP contribution in [0.5, 0.6) is 0 Å². The number of benzene rings is 1. The summed E-state index contributed by atoms with van der Waals surface area (Å²) in [6.45, 7) is 3.40. The molecule has 1 heterocycles. The summed E-state index contributed by atoms with van der Waals surface area (Å²) >= 11 is 0. The van der Waals surface area contributed by atoms with E-state index in [4.69, 9.17) is 10.2 Å². The molecule has 0 spiro atoms. The second-order valence-electron chi connectivity index (χ2n) is 5.71. The molecule has 1 aromatic heterocycles. The van der Waals surface area contributed by atoms with Crippen molar-refractivity contribution in [2.75, 3.05) is 0 Å². The third-order valence-corrected chi connectivity index (χ3v) is 3.68. The number of rotatable bonds is 7. The molecule has 2 aromatic rings. The Morgan fingerprint density at radius 1 is 0.926 bits per heavy atom. The van der Waals surface area contributed by atoms with E-state index in [1.165, 1.54) is 25.1 Å². The van der Waals surface area contributed by atoms with E-state index >= 15 is 0 Å². The number of pyridine rings is 1. The summed E-state index contributed by atoms with van der Waals surface area (Å²) in [7, 11) is 0. The zero-order valence-electron chi connectivity index (χ0n) is 15.1. The third kappa shape index (κ3) is 6.81. The Labute approximate surface area is 156 Å². The predicted octanol–water partition coefficient (Wildman–Crippen LogP) is 3.42. The van der Waals surface area contributed by atoms with Gasteiger partial charge in [0.15, 0.2) is 5.78 Å². The molecule has 7 nitrogen and oxygen atoms in total. The second kappa shape index (κ2) is 10.6. The van der Waals surface area contributed by atoms with Gasteiger partial charge in [-0.2, -0.15) is 0 Å². The summed E-state index contributed by atoms with van der Waals surface area (Å²) < 4.78 is 0. The second-order valence-corrected chi connectivity index (χ2v) is 5.71. The first-order chi connectivity index (χ1) is 12.8. The van der Waals surface area contributed by atoms with Gasteiger partial charge >= 0.3 is 11.9 Å². The molecule has 1 aromatic carbocycles. The van der Waals surface area contributed by atoms with Crippen molar-refractivity contribution in [1.82, 2.24) is 4.98 Å². The molecule has 7 heteroatoms. The van der Waals surface area contributed by atoms with Gasteiger partial charge in [-0.15, -0.1) is 0 Å². The molecule has 0 aliphatic carbocycles. The number of aromatic carboxylic acids is 2. The van der Waals surface area contributed by atoms with Crippen LogP contribution in [0.3, 0.4) is 0 Å². The highest BCUT2D eigenvalue weighted by molar-refractivity contribution is 6.07. The lowest BCUT2D eigenvalue weighted by Crippen LogP contribution is -2.07. The van der Waals surface area contributed by atoms with Crippen molar-refractivity contribution in [2.45, 2.75) is 33.1 Å². The molecule has 0 saturated heterocycles. The van der Waals surface area contributed by atoms with Crippen molar-refractivity contribution >= 4 is 23.5 Å². The molecule has 27 heavy (non-hydrogen) atoms. The van der Waals surface area contributed by atoms with Crippen molar-refractivity contribution in [3.63, 3.8) is 0 Å². The van der Waals surface area contributed by atoms with E-state index in [0.717, 1.165) is 6.42 Å². The van der Waals surface area contributed by atoms with E-state index in [9.17, 15) is 19.2 Å². The highest BCUT2D eigenvalue weighted by Crippen LogP contribution is 2.13. The first-order valence-corrected chi connectivity index (χ1v) is 8.29. The molecule has 0 saturated carbocycles. The van der Waals surface area contributed by atoms with Crippen molar-refractivity contribution < 1.29 is 29.4 Å². The number of nitrogens with zero attached hydrogens (tertiary/aromatic N) is 1. The third-order valence-electron chi connectivity index (χ3n) is 3.68. The summed E-state index contributed by atoms with van der Waals surface area (Å²) in [5.41, 5.74) is 0.895. The fraction of sp³-hybridized carbons (Fsp3) is 0.250. The fourth-order valence-electron chi connectivity index (χ4n) is 2.29. The number of hydrogen-bond acceptors (Lipinski definition) is 5. The molecule has 0 fully saturated rings. The van der Waals surface area contributed by atoms with E-state index in [0.29, 0.717) is 12.0 Å². The van der Waals surface area contributed by atoms with Crippen LogP contribution in [0.25, 0.3) is 0 Å². The molecule has 142 valence electrons. The lowest BCUT2D eigenvalue weighted by atomic mass is 10.0. The molecule has 0 atom stereocenters. The van der Waals surface area contributed by atoms with E-state index < -0.39 is 11.9 Å². The van der Waals surface area contributed by atoms with Crippen LogP contribution in [-0.4, -0.2) is 38.7 Å². The molecule has 0 aliphatic heterocycles. The van der Waals surface area contributed by atoms with Gasteiger partial charge in [-0.1, -0.05) is 13.0 Å². The number of carbonyl (C=O) groups is 4. The summed E-state index contributed by atoms with van der Waals surface area (Å²) in [6.07, 6.45) is 4.40. The van der Waals surface area contributed by atoms with E-state index in [-0.39, 0.29) is 34.7 Å². The van der Waals surface area contributed by atoms with Crippen LogP contribution in [0.4, 0.5) is 0 Å². The molecular formula is C20H21NO6. The SMILES string of the molecule is CCCC(=O)CC(=O)c1ccncc1.Cc1c(C(=O)O)cccc1C(=O)O. The van der Waals surface area contributed by atoms with Crippen LogP contribution in [0.15, 0.2) is 42.7 Å². The maximum atomic E-state index is 11.5. The van der Waals surface area contributed by atoms with Crippen molar-refractivity contribution in [3.05, 3.63) is 65.0 Å². The topological polar surface area (TPSA) is 122 Å². The lowest BCUT2D eigenvalue weighted by Gasteiger charge is -2.03. The minimum absolute atomic E-state index is 0.00862. The van der Waals surface area contributed by atoms with Gasteiger partial charge in [-0.05, 0) is 43.2 Å². The van der Waals surface area contributed by atoms with Gasteiger partial charge in [0.1, 0.15) is 5.78 Å². The maximum absolute atomic E-state index is 11.5. The largest absolute Gasteiger partial charge is 0.478 e. The van der Waals surface area contributed by atoms with Crippen LogP contribution in [-0.2, 0) is 4.79 Å². The zero-order valence-corrected chi connectivity index (χ0v) is 15.1. The number of ketones is 2. The Morgan fingerprint density at radius 3 is 1.89 bits per heavy atom. The van der Waals surface area contributed by atoms with Crippen LogP contribution >= 0.6 is 0 Å². The molecule has 0 aliphatic rings. The van der Waals surface area contributed by atoms with E-state index in [1.807, 2.05) is 6.92 Å². The molecular weight excluding hydrogens is 350 g/mol. The average Bonchev–Trinajstić information content (AvgIpc) is 2.62. The van der Waals surface area contributed by atoms with Gasteiger partial charge < -0.3 is 10.2 Å². The Bertz CT molecular complexity index is 797. The van der Waals surface area contributed by atoms with Crippen LogP contribution < -0.4 is 0 Å². The first-order valence-electron chi connectivity index (χ1n) is 8.29. The highest BCUT2D eigenvalue weighted by Gasteiger charge is 2.13. The first kappa shape index (κ1) is 21.7. The zero-order chi connectivity index (χ0) is 20.4. The fourth-order valence-corrected chi connectivity index (χ4v) is 2.29. The number of carboxylic acids is 2. The van der Waals surface area contributed by atoms with Gasteiger partial charge in [0.2, 0.25) is 0 Å². The summed E-state index contributed by atoms with van der Waals surface area (Å²) in [5.74, 6) is -2.33. The van der Waals surface area contributed by atoms with Crippen molar-refractivity contribution in [2.24, 2.45) is 0 Å². The normalized spacial score (nSPS) is 9.70. The lowest BCUT2D eigenvalue weighted by molar-refractivity contribution is -0.118. The van der Waals surface area contributed by atoms with E-state index in [1.54, 1.807) is 24.5 Å². The molecule has 0 unspecified atom stereocenters. The highest BCUT2D eigenvalue weighted by atomic mass is 16.4. The smallest absolute Gasteiger partial charge is 0.335 e. The minimum Gasteiger partial charge on any atom is -0.478 e. The number of carboxylic acid groups (broad SMARTS) is 2. The average molecular weight is 371 g/mol. The molecule has 0 bridgehead atoms. The van der Waals surface area contributed by atoms with Gasteiger partial charge in [-0.3, -0.25) is 14.6 Å². The summed E-state index contributed by atoms with van der Waals surface area (Å²) in [6, 6.07) is 7.43. The molecule has 0 amide bonds. The van der Waals surface area contributed by atoms with Gasteiger partial charge in [0.25, 0.3) is 0 Å². The van der Waals surface area contributed by atoms with Crippen LogP contribution in [0.2, 0.25) is 0 Å². The number of aromatic nitrogens is 1. The van der Waals surface area contributed by atoms with Gasteiger partial charge in [0, 0.05) is 24.4 Å². The molecule has 2 rings (SSSR count). The maximum Gasteiger partial charge on any atom is 0.335 e. The molecule has 2 N–H and O–H groups in total. The van der Waals surface area contributed by atoms with Gasteiger partial charge in [-0.25, -0.2) is 9.59 Å². The van der Waals surface area contributed by atoms with E-state index in [2.05, 4.69) is 4.98 Å². The summed E-state index contributed by atoms with van der Waals surface area (Å²) in [4.78, 5) is 47.7. The summed E-state index contributed by atoms with van der Waals surface area (Å²) in [5, 5.41) is 17.4. The number of hydrogen-bond donors (Lipinski definition) is 2. The van der Waals surface area contributed by atoms with Crippen LogP contribution in [0.1, 0.15) is 62.8 Å². The quantitative estimate of drug-likeness (QED) is 0.565. The number of Topliss-reactive ketones (excluding diaryl/α,β-unsaturated/α-hetero) is 2. The minimum atomic E-state index is -1.11. The monoisotopic (exact) mass is 371 g/mol. The standard InChI is InChI=1S/C11H13NO2.C9H8O4/c1-2-3-10(13)8-11(14)9-4-6-12-7-5-9;1-5-6(8(10)11)3-2-4-7(5)9(12)13/h4-7H,2-3,8H2,1H3;2-4H,1H3,(H,10,11)(H,12,13). The van der Waals surface area contributed by atoms with Crippen LogP contribution in [0, 0.1) is 6.92 Å². The number of carbonyl (C=O) groups excluding carboxylic acids is 2. The van der Waals surface area contributed by atoms with Crippen molar-refractivity contribution in [1.29, 1.82) is 0 Å².